The number of anilines is 1. The first-order chi connectivity index (χ1) is 12.4. The van der Waals surface area contributed by atoms with Crippen LogP contribution in [0.1, 0.15) is 29.6 Å². The third-order valence-corrected chi connectivity index (χ3v) is 5.01. The second kappa shape index (κ2) is 7.67. The fourth-order valence-electron chi connectivity index (χ4n) is 3.52. The molecule has 3 rings (SSSR count). The number of nitrogens with two attached hydrogens (primary N) is 1. The lowest BCUT2D eigenvalue weighted by molar-refractivity contribution is -0.136. The Morgan fingerprint density at radius 2 is 2.08 bits per heavy atom. The molecule has 2 saturated heterocycles. The van der Waals surface area contributed by atoms with Gasteiger partial charge in [-0.2, -0.15) is 0 Å². The number of hydrogen-bond donors (Lipinski definition) is 2. The Morgan fingerprint density at radius 3 is 2.73 bits per heavy atom. The lowest BCUT2D eigenvalue weighted by Crippen LogP contribution is -2.44. The van der Waals surface area contributed by atoms with Crippen molar-refractivity contribution in [2.24, 2.45) is 11.8 Å². The molecule has 9 heteroatoms. The molecular weight excluding hydrogens is 336 g/mol. The van der Waals surface area contributed by atoms with Crippen LogP contribution in [0.2, 0.25) is 0 Å². The molecule has 0 spiro atoms. The van der Waals surface area contributed by atoms with E-state index in [9.17, 15) is 14.4 Å². The molecule has 2 fully saturated rings. The molecule has 0 saturated carbocycles. The molecule has 2 aliphatic heterocycles. The van der Waals surface area contributed by atoms with Crippen LogP contribution in [0.3, 0.4) is 0 Å². The monoisotopic (exact) mass is 360 g/mol. The van der Waals surface area contributed by atoms with Crippen molar-refractivity contribution >= 4 is 23.7 Å². The summed E-state index contributed by atoms with van der Waals surface area (Å²) >= 11 is 0. The molecule has 1 unspecified atom stereocenters. The third kappa shape index (κ3) is 4.09. The SMILES string of the molecule is CN(CC1CCN(C(=O)[C@H]2CCC(=O)NC2)C1)C(=O)c1cnc(N)nc1. The van der Waals surface area contributed by atoms with Crippen LogP contribution in [0, 0.1) is 11.8 Å². The zero-order chi connectivity index (χ0) is 18.7. The Kier molecular flexibility index (Phi) is 5.34. The van der Waals surface area contributed by atoms with Crippen molar-refractivity contribution in [3.63, 3.8) is 0 Å². The summed E-state index contributed by atoms with van der Waals surface area (Å²) in [6, 6.07) is 0. The van der Waals surface area contributed by atoms with Gasteiger partial charge in [-0.05, 0) is 18.8 Å². The van der Waals surface area contributed by atoms with E-state index in [-0.39, 0.29) is 35.5 Å². The van der Waals surface area contributed by atoms with Gasteiger partial charge in [0.15, 0.2) is 0 Å². The van der Waals surface area contributed by atoms with Crippen LogP contribution in [-0.2, 0) is 9.59 Å². The predicted molar refractivity (Wildman–Crippen MR) is 93.8 cm³/mol. The largest absolute Gasteiger partial charge is 0.368 e. The van der Waals surface area contributed by atoms with Crippen LogP contribution in [0.5, 0.6) is 0 Å². The standard InChI is InChI=1S/C17H24N6O3/c1-22(15(25)13-7-20-17(18)21-8-13)9-11-4-5-23(10-11)16(26)12-2-3-14(24)19-6-12/h7-8,11-12H,2-6,9-10H2,1H3,(H,19,24)(H2,18,20,21)/t11?,12-/m0/s1. The first-order valence-electron chi connectivity index (χ1n) is 8.82. The van der Waals surface area contributed by atoms with Crippen LogP contribution in [0.25, 0.3) is 0 Å². The zero-order valence-corrected chi connectivity index (χ0v) is 14.9. The van der Waals surface area contributed by atoms with Crippen LogP contribution in [0.4, 0.5) is 5.95 Å². The van der Waals surface area contributed by atoms with Crippen molar-refractivity contribution in [1.29, 1.82) is 0 Å². The van der Waals surface area contributed by atoms with Gasteiger partial charge in [-0.25, -0.2) is 9.97 Å². The number of likely N-dealkylation sites (tertiary alicyclic amines) is 1. The summed E-state index contributed by atoms with van der Waals surface area (Å²) in [6.07, 6.45) is 4.72. The fraction of sp³-hybridized carbons (Fsp3) is 0.588. The zero-order valence-electron chi connectivity index (χ0n) is 14.9. The van der Waals surface area contributed by atoms with Gasteiger partial charge >= 0.3 is 0 Å². The fourth-order valence-corrected chi connectivity index (χ4v) is 3.52. The Morgan fingerprint density at radius 1 is 1.35 bits per heavy atom. The average Bonchev–Trinajstić information content (AvgIpc) is 3.10. The summed E-state index contributed by atoms with van der Waals surface area (Å²) in [4.78, 5) is 47.4. The Bertz CT molecular complexity index is 682. The number of nitrogens with zero attached hydrogens (tertiary/aromatic N) is 4. The van der Waals surface area contributed by atoms with Crippen molar-refractivity contribution < 1.29 is 14.4 Å². The average molecular weight is 360 g/mol. The van der Waals surface area contributed by atoms with E-state index in [4.69, 9.17) is 5.73 Å². The van der Waals surface area contributed by atoms with E-state index in [0.717, 1.165) is 6.42 Å². The van der Waals surface area contributed by atoms with Crippen molar-refractivity contribution in [3.8, 4) is 0 Å². The van der Waals surface area contributed by atoms with E-state index in [1.54, 1.807) is 11.9 Å². The maximum Gasteiger partial charge on any atom is 0.256 e. The highest BCUT2D eigenvalue weighted by Crippen LogP contribution is 2.22. The lowest BCUT2D eigenvalue weighted by atomic mass is 9.98. The summed E-state index contributed by atoms with van der Waals surface area (Å²) in [5.74, 6) is 0.199. The molecule has 3 N–H and O–H groups in total. The molecule has 0 aromatic carbocycles. The highest BCUT2D eigenvalue weighted by molar-refractivity contribution is 5.93. The molecule has 2 atom stereocenters. The van der Waals surface area contributed by atoms with E-state index >= 15 is 0 Å². The second-order valence-electron chi connectivity index (χ2n) is 6.99. The van der Waals surface area contributed by atoms with Gasteiger partial charge in [0.1, 0.15) is 0 Å². The number of amides is 3. The summed E-state index contributed by atoms with van der Waals surface area (Å²) in [5, 5.41) is 2.76. The van der Waals surface area contributed by atoms with Crippen molar-refractivity contribution in [2.75, 3.05) is 39.0 Å². The minimum atomic E-state index is -0.162. The van der Waals surface area contributed by atoms with Crippen molar-refractivity contribution in [2.45, 2.75) is 19.3 Å². The molecule has 1 aromatic heterocycles. The quantitative estimate of drug-likeness (QED) is 0.747. The number of piperidine rings is 1. The number of nitrogens with one attached hydrogen (secondary N) is 1. The summed E-state index contributed by atoms with van der Waals surface area (Å²) < 4.78 is 0. The molecule has 3 heterocycles. The number of nitrogen functional groups attached to an aromatic ring is 1. The summed E-state index contributed by atoms with van der Waals surface area (Å²) in [7, 11) is 1.74. The van der Waals surface area contributed by atoms with E-state index in [1.807, 2.05) is 4.90 Å². The Labute approximate surface area is 151 Å². The minimum Gasteiger partial charge on any atom is -0.368 e. The molecule has 0 radical (unpaired) electrons. The van der Waals surface area contributed by atoms with E-state index in [0.29, 0.717) is 44.6 Å². The van der Waals surface area contributed by atoms with Gasteiger partial charge in [-0.1, -0.05) is 0 Å². The Hall–Kier alpha value is -2.71. The normalized spacial score (nSPS) is 22.8. The predicted octanol–water partition coefficient (Wildman–Crippen LogP) is -0.494. The van der Waals surface area contributed by atoms with E-state index in [1.165, 1.54) is 12.4 Å². The molecular formula is C17H24N6O3. The van der Waals surface area contributed by atoms with E-state index in [2.05, 4.69) is 15.3 Å². The van der Waals surface area contributed by atoms with Gasteiger partial charge in [-0.15, -0.1) is 0 Å². The smallest absolute Gasteiger partial charge is 0.256 e. The third-order valence-electron chi connectivity index (χ3n) is 5.01. The number of hydrogen-bond acceptors (Lipinski definition) is 6. The molecule has 1 aromatic rings. The molecule has 26 heavy (non-hydrogen) atoms. The maximum absolute atomic E-state index is 12.6. The minimum absolute atomic E-state index is 0.0140. The topological polar surface area (TPSA) is 122 Å². The van der Waals surface area contributed by atoms with Gasteiger partial charge in [-0.3, -0.25) is 14.4 Å². The van der Waals surface area contributed by atoms with Crippen LogP contribution < -0.4 is 11.1 Å². The molecule has 9 nitrogen and oxygen atoms in total. The number of aromatic nitrogens is 2. The van der Waals surface area contributed by atoms with E-state index < -0.39 is 0 Å². The number of rotatable bonds is 4. The van der Waals surface area contributed by atoms with Gasteiger partial charge in [0.25, 0.3) is 5.91 Å². The summed E-state index contributed by atoms with van der Waals surface area (Å²) in [6.45, 7) is 2.32. The maximum atomic E-state index is 12.6. The molecule has 140 valence electrons. The first kappa shape index (κ1) is 18.1. The van der Waals surface area contributed by atoms with Gasteiger partial charge in [0, 0.05) is 52.0 Å². The van der Waals surface area contributed by atoms with Crippen molar-refractivity contribution in [1.82, 2.24) is 25.1 Å². The summed E-state index contributed by atoms with van der Waals surface area (Å²) in [5.41, 5.74) is 5.83. The highest BCUT2D eigenvalue weighted by Gasteiger charge is 2.33. The molecule has 0 bridgehead atoms. The Balaban J connectivity index is 1.50. The van der Waals surface area contributed by atoms with Crippen LogP contribution in [0.15, 0.2) is 12.4 Å². The van der Waals surface area contributed by atoms with Crippen LogP contribution in [-0.4, -0.2) is 70.7 Å². The van der Waals surface area contributed by atoms with Gasteiger partial charge < -0.3 is 20.9 Å². The number of carbonyl (C=O) groups is 3. The van der Waals surface area contributed by atoms with Crippen LogP contribution >= 0.6 is 0 Å². The molecule has 3 amide bonds. The highest BCUT2D eigenvalue weighted by atomic mass is 16.2. The van der Waals surface area contributed by atoms with Crippen molar-refractivity contribution in [3.05, 3.63) is 18.0 Å². The lowest BCUT2D eigenvalue weighted by Gasteiger charge is -2.27. The molecule has 0 aliphatic carbocycles. The first-order valence-corrected chi connectivity index (χ1v) is 8.82. The number of carbonyl (C=O) groups excluding carboxylic acids is 3. The second-order valence-corrected chi connectivity index (χ2v) is 6.99. The molecule has 2 aliphatic rings. The van der Waals surface area contributed by atoms with Gasteiger partial charge in [0.05, 0.1) is 11.5 Å². The van der Waals surface area contributed by atoms with Gasteiger partial charge in [0.2, 0.25) is 17.8 Å².